The highest BCUT2D eigenvalue weighted by atomic mass is 79.9. The number of anilines is 1. The fourth-order valence-electron chi connectivity index (χ4n) is 1.57. The molecule has 1 unspecified atom stereocenters. The molecule has 1 aromatic rings. The Morgan fingerprint density at radius 1 is 1.30 bits per heavy atom. The Kier molecular flexibility index (Phi) is 5.63. The molecule has 1 N–H and O–H groups in total. The SMILES string of the molecule is Cc1cc(NC(=O)C(C)C(C)C)c(Br)cc1S(=O)(=O)Cl. The summed E-state index contributed by atoms with van der Waals surface area (Å²) < 4.78 is 23.3. The third-order valence-electron chi connectivity index (χ3n) is 3.20. The van der Waals surface area contributed by atoms with Gasteiger partial charge in [-0.15, -0.1) is 0 Å². The molecule has 1 rings (SSSR count). The van der Waals surface area contributed by atoms with Crippen molar-refractivity contribution in [2.45, 2.75) is 32.6 Å². The highest BCUT2D eigenvalue weighted by Gasteiger charge is 2.20. The molecule has 0 spiro atoms. The zero-order valence-corrected chi connectivity index (χ0v) is 14.9. The standard InChI is InChI=1S/C13H17BrClNO3S/c1-7(2)9(4)13(17)16-11-5-8(3)12(6-10(11)14)20(15,18)19/h5-7,9H,1-4H3,(H,16,17). The number of nitrogens with one attached hydrogen (secondary N) is 1. The second-order valence-corrected chi connectivity index (χ2v) is 8.45. The Balaban J connectivity index is 3.11. The van der Waals surface area contributed by atoms with Crippen LogP contribution in [0, 0.1) is 18.8 Å². The average molecular weight is 383 g/mol. The zero-order chi connectivity index (χ0) is 15.7. The fraction of sp³-hybridized carbons (Fsp3) is 0.462. The second-order valence-electron chi connectivity index (χ2n) is 5.06. The van der Waals surface area contributed by atoms with E-state index in [9.17, 15) is 13.2 Å². The lowest BCUT2D eigenvalue weighted by atomic mass is 9.97. The van der Waals surface area contributed by atoms with Crippen LogP contribution in [0.4, 0.5) is 5.69 Å². The van der Waals surface area contributed by atoms with E-state index in [4.69, 9.17) is 10.7 Å². The van der Waals surface area contributed by atoms with Crippen molar-refractivity contribution < 1.29 is 13.2 Å². The molecule has 0 radical (unpaired) electrons. The maximum absolute atomic E-state index is 12.0. The summed E-state index contributed by atoms with van der Waals surface area (Å²) in [4.78, 5) is 12.1. The topological polar surface area (TPSA) is 63.2 Å². The Labute approximate surface area is 132 Å². The van der Waals surface area contributed by atoms with Crippen LogP contribution in [0.1, 0.15) is 26.3 Å². The van der Waals surface area contributed by atoms with Gasteiger partial charge in [0, 0.05) is 21.1 Å². The molecule has 1 aromatic carbocycles. The molecule has 0 saturated carbocycles. The number of carbonyl (C=O) groups excluding carboxylic acids is 1. The van der Waals surface area contributed by atoms with E-state index in [0.717, 1.165) is 0 Å². The molecule has 0 heterocycles. The maximum Gasteiger partial charge on any atom is 0.261 e. The minimum Gasteiger partial charge on any atom is -0.325 e. The van der Waals surface area contributed by atoms with E-state index in [0.29, 0.717) is 15.7 Å². The van der Waals surface area contributed by atoms with Crippen molar-refractivity contribution >= 4 is 47.3 Å². The summed E-state index contributed by atoms with van der Waals surface area (Å²) in [5, 5.41) is 2.79. The first-order valence-electron chi connectivity index (χ1n) is 6.09. The molecule has 7 heteroatoms. The summed E-state index contributed by atoms with van der Waals surface area (Å²) in [6.07, 6.45) is 0. The summed E-state index contributed by atoms with van der Waals surface area (Å²) in [5.41, 5.74) is 1.01. The minimum absolute atomic E-state index is 0.0287. The normalized spacial score (nSPS) is 13.3. The number of rotatable bonds is 4. The van der Waals surface area contributed by atoms with Crippen molar-refractivity contribution in [2.75, 3.05) is 5.32 Å². The van der Waals surface area contributed by atoms with Crippen molar-refractivity contribution in [3.05, 3.63) is 22.2 Å². The van der Waals surface area contributed by atoms with Crippen molar-refractivity contribution in [2.24, 2.45) is 11.8 Å². The monoisotopic (exact) mass is 381 g/mol. The first-order chi connectivity index (χ1) is 9.04. The van der Waals surface area contributed by atoms with Gasteiger partial charge < -0.3 is 5.32 Å². The first-order valence-corrected chi connectivity index (χ1v) is 9.20. The molecule has 0 fully saturated rings. The minimum atomic E-state index is -3.80. The van der Waals surface area contributed by atoms with E-state index in [1.807, 2.05) is 20.8 Å². The van der Waals surface area contributed by atoms with E-state index in [1.165, 1.54) is 6.07 Å². The second kappa shape index (κ2) is 6.45. The van der Waals surface area contributed by atoms with E-state index in [2.05, 4.69) is 21.2 Å². The zero-order valence-electron chi connectivity index (χ0n) is 11.7. The van der Waals surface area contributed by atoms with Gasteiger partial charge in [0.05, 0.1) is 10.6 Å². The smallest absolute Gasteiger partial charge is 0.261 e. The van der Waals surface area contributed by atoms with E-state index in [-0.39, 0.29) is 22.6 Å². The van der Waals surface area contributed by atoms with Crippen LogP contribution < -0.4 is 5.32 Å². The Morgan fingerprint density at radius 2 is 1.85 bits per heavy atom. The van der Waals surface area contributed by atoms with Crippen LogP contribution in [0.25, 0.3) is 0 Å². The van der Waals surface area contributed by atoms with Gasteiger partial charge in [0.2, 0.25) is 5.91 Å². The molecule has 0 aliphatic rings. The van der Waals surface area contributed by atoms with Crippen LogP contribution in [-0.2, 0) is 13.8 Å². The number of halogens is 2. The summed E-state index contributed by atoms with van der Waals surface area (Å²) in [5.74, 6) is -0.0300. The first kappa shape index (κ1) is 17.5. The summed E-state index contributed by atoms with van der Waals surface area (Å²) >= 11 is 3.25. The van der Waals surface area contributed by atoms with Crippen LogP contribution in [0.3, 0.4) is 0 Å². The van der Waals surface area contributed by atoms with Crippen molar-refractivity contribution in [1.29, 1.82) is 0 Å². The molecule has 112 valence electrons. The molecule has 0 aliphatic carbocycles. The van der Waals surface area contributed by atoms with Crippen LogP contribution in [0.2, 0.25) is 0 Å². The molecule has 4 nitrogen and oxygen atoms in total. The van der Waals surface area contributed by atoms with Gasteiger partial charge in [0.25, 0.3) is 9.05 Å². The molecule has 0 saturated heterocycles. The predicted molar refractivity (Wildman–Crippen MR) is 84.5 cm³/mol. The number of aryl methyl sites for hydroxylation is 1. The Hall–Kier alpha value is -0.590. The van der Waals surface area contributed by atoms with Crippen LogP contribution in [0.15, 0.2) is 21.5 Å². The lowest BCUT2D eigenvalue weighted by Crippen LogP contribution is -2.24. The maximum atomic E-state index is 12.0. The van der Waals surface area contributed by atoms with Gasteiger partial charge >= 0.3 is 0 Å². The molecule has 1 atom stereocenters. The summed E-state index contributed by atoms with van der Waals surface area (Å²) in [7, 11) is 1.55. The fourth-order valence-corrected chi connectivity index (χ4v) is 3.37. The van der Waals surface area contributed by atoms with E-state index < -0.39 is 9.05 Å². The molecule has 0 aromatic heterocycles. The number of carbonyl (C=O) groups is 1. The lowest BCUT2D eigenvalue weighted by Gasteiger charge is -2.17. The summed E-state index contributed by atoms with van der Waals surface area (Å²) in [6.45, 7) is 7.41. The average Bonchev–Trinajstić information content (AvgIpc) is 2.30. The largest absolute Gasteiger partial charge is 0.325 e. The Morgan fingerprint density at radius 3 is 2.30 bits per heavy atom. The van der Waals surface area contributed by atoms with Gasteiger partial charge in [-0.2, -0.15) is 0 Å². The van der Waals surface area contributed by atoms with Crippen LogP contribution >= 0.6 is 26.6 Å². The van der Waals surface area contributed by atoms with E-state index in [1.54, 1.807) is 13.0 Å². The molecule has 1 amide bonds. The lowest BCUT2D eigenvalue weighted by molar-refractivity contribution is -0.120. The highest BCUT2D eigenvalue weighted by Crippen LogP contribution is 2.31. The number of amides is 1. The van der Waals surface area contributed by atoms with Gasteiger partial charge in [-0.1, -0.05) is 20.8 Å². The van der Waals surface area contributed by atoms with Gasteiger partial charge in [0.1, 0.15) is 0 Å². The van der Waals surface area contributed by atoms with Crippen molar-refractivity contribution in [3.63, 3.8) is 0 Å². The molecule has 0 bridgehead atoms. The van der Waals surface area contributed by atoms with Crippen LogP contribution in [0.5, 0.6) is 0 Å². The van der Waals surface area contributed by atoms with Gasteiger partial charge in [-0.3, -0.25) is 4.79 Å². The third-order valence-corrected chi connectivity index (χ3v) is 5.32. The van der Waals surface area contributed by atoms with E-state index >= 15 is 0 Å². The third kappa shape index (κ3) is 4.20. The van der Waals surface area contributed by atoms with Gasteiger partial charge in [-0.25, -0.2) is 8.42 Å². The predicted octanol–water partition coefficient (Wildman–Crippen LogP) is 3.92. The van der Waals surface area contributed by atoms with Gasteiger partial charge in [0.15, 0.2) is 0 Å². The van der Waals surface area contributed by atoms with Crippen LogP contribution in [-0.4, -0.2) is 14.3 Å². The quantitative estimate of drug-likeness (QED) is 0.803. The van der Waals surface area contributed by atoms with Crippen molar-refractivity contribution in [1.82, 2.24) is 0 Å². The van der Waals surface area contributed by atoms with Gasteiger partial charge in [-0.05, 0) is 46.5 Å². The Bertz CT molecular complexity index is 629. The number of hydrogen-bond donors (Lipinski definition) is 1. The summed E-state index contributed by atoms with van der Waals surface area (Å²) in [6, 6.07) is 2.98. The number of benzene rings is 1. The van der Waals surface area contributed by atoms with Crippen molar-refractivity contribution in [3.8, 4) is 0 Å². The molecule has 0 aliphatic heterocycles. The molecular formula is C13H17BrClNO3S. The molecular weight excluding hydrogens is 366 g/mol. The molecule has 20 heavy (non-hydrogen) atoms. The highest BCUT2D eigenvalue weighted by molar-refractivity contribution is 9.10. The number of hydrogen-bond acceptors (Lipinski definition) is 3.